The molecule has 0 radical (unpaired) electrons. The first kappa shape index (κ1) is 46.0. The molecule has 0 bridgehead atoms. The highest BCUT2D eigenvalue weighted by molar-refractivity contribution is 5.88. The van der Waals surface area contributed by atoms with E-state index in [0.717, 1.165) is 11.5 Å². The summed E-state index contributed by atoms with van der Waals surface area (Å²) in [5.41, 5.74) is 14.6. The number of hydrogen-bond acceptors (Lipinski definition) is 1. The fourth-order valence-corrected chi connectivity index (χ4v) is 7.26. The molecule has 0 atom stereocenters. The van der Waals surface area contributed by atoms with Crippen LogP contribution in [0.3, 0.4) is 0 Å². The molecule has 0 aliphatic carbocycles. The highest BCUT2D eigenvalue weighted by Gasteiger charge is 2.03. The zero-order valence-electron chi connectivity index (χ0n) is 38.4. The van der Waals surface area contributed by atoms with Crippen molar-refractivity contribution >= 4 is 21.5 Å². The highest BCUT2D eigenvalue weighted by atomic mass is 16.5. The van der Waals surface area contributed by atoms with Crippen molar-refractivity contribution in [3.05, 3.63) is 276 Å². The van der Waals surface area contributed by atoms with Crippen LogP contribution >= 0.6 is 0 Å². The number of rotatable bonds is 4. The second-order valence-electron chi connectivity index (χ2n) is 16.2. The second kappa shape index (κ2) is 23.7. The first-order chi connectivity index (χ1) is 31.1. The average Bonchev–Trinajstić information content (AvgIpc) is 3.33. The van der Waals surface area contributed by atoms with Gasteiger partial charge >= 0.3 is 0 Å². The maximum atomic E-state index is 5.58. The topological polar surface area (TPSA) is 9.23 Å². The van der Waals surface area contributed by atoms with E-state index in [-0.39, 0.29) is 0 Å². The first-order valence-electron chi connectivity index (χ1n) is 22.1. The van der Waals surface area contributed by atoms with E-state index < -0.39 is 0 Å². The SMILES string of the molecule is Cc1ccc(-c2ccc(C)cc2)cc1.Cc1ccc(C)c2ccccc12.Cc1ccc2ccccc2c1.Cc1ccccc1-c1ccccc1C.c1ccc(Oc2ccccc2)cc1. The first-order valence-corrected chi connectivity index (χ1v) is 22.1. The Bertz CT molecular complexity index is 2780. The Morgan fingerprint density at radius 3 is 1.05 bits per heavy atom. The number of para-hydroxylation sites is 2. The molecule has 10 aromatic carbocycles. The molecular weight excluding hydrogens is 773 g/mol. The van der Waals surface area contributed by atoms with Gasteiger partial charge in [0.05, 0.1) is 0 Å². The number of benzene rings is 10. The maximum absolute atomic E-state index is 5.58. The fraction of sp³-hybridized carbons (Fsp3) is 0.111. The Balaban J connectivity index is 0.000000133. The third-order valence-electron chi connectivity index (χ3n) is 11.0. The van der Waals surface area contributed by atoms with Crippen molar-refractivity contribution in [2.24, 2.45) is 0 Å². The minimum absolute atomic E-state index is 0.869. The molecule has 0 N–H and O–H groups in total. The molecule has 318 valence electrons. The second-order valence-corrected chi connectivity index (χ2v) is 16.2. The minimum atomic E-state index is 0.869. The molecule has 0 heterocycles. The van der Waals surface area contributed by atoms with Crippen LogP contribution in [0.4, 0.5) is 0 Å². The van der Waals surface area contributed by atoms with Crippen LogP contribution < -0.4 is 4.74 Å². The summed E-state index contributed by atoms with van der Waals surface area (Å²) in [6, 6.07) is 81.6. The molecule has 0 saturated heterocycles. The summed E-state index contributed by atoms with van der Waals surface area (Å²) in [6.45, 7) is 15.0. The van der Waals surface area contributed by atoms with Crippen molar-refractivity contribution < 1.29 is 4.74 Å². The standard InChI is InChI=1S/2C14H14.C12H10O.C12H12.C11H10/c1-11-3-7-13(8-4-11)14-9-5-12(2)6-10-14;1-11-7-3-5-9-13(11)14-10-6-4-8-12(14)2;1-3-7-11(8-4-1)13-12-9-5-2-6-10-12;1-9-7-8-10(2)12-6-4-3-5-11(9)12;1-9-6-7-10-4-2-3-5-11(10)8-9/h2*3-10H,1-2H3;1-10H;3-8H,1-2H3;2-8H,1H3. The van der Waals surface area contributed by atoms with Crippen LogP contribution in [0.1, 0.15) is 38.9 Å². The van der Waals surface area contributed by atoms with Crippen LogP contribution in [0.25, 0.3) is 43.8 Å². The van der Waals surface area contributed by atoms with Crippen molar-refractivity contribution in [2.45, 2.75) is 48.5 Å². The van der Waals surface area contributed by atoms with Gasteiger partial charge in [-0.3, -0.25) is 0 Å². The van der Waals surface area contributed by atoms with E-state index in [9.17, 15) is 0 Å². The molecule has 0 aromatic heterocycles. The van der Waals surface area contributed by atoms with Gasteiger partial charge in [-0.05, 0) is 139 Å². The van der Waals surface area contributed by atoms with Gasteiger partial charge in [0.25, 0.3) is 0 Å². The van der Waals surface area contributed by atoms with Gasteiger partial charge in [-0.15, -0.1) is 0 Å². The Morgan fingerprint density at radius 1 is 0.250 bits per heavy atom. The van der Waals surface area contributed by atoms with Gasteiger partial charge < -0.3 is 4.74 Å². The molecular formula is C63H60O. The lowest BCUT2D eigenvalue weighted by atomic mass is 9.97. The van der Waals surface area contributed by atoms with Gasteiger partial charge in [0.2, 0.25) is 0 Å². The quantitative estimate of drug-likeness (QED) is 0.172. The summed E-state index contributed by atoms with van der Waals surface area (Å²) in [5.74, 6) is 1.74. The molecule has 1 heteroatoms. The molecule has 0 aliphatic rings. The van der Waals surface area contributed by atoms with E-state index in [2.05, 4.69) is 224 Å². The van der Waals surface area contributed by atoms with E-state index >= 15 is 0 Å². The Hall–Kier alpha value is -7.48. The molecule has 0 aliphatic heterocycles. The van der Waals surface area contributed by atoms with Crippen LogP contribution in [0.15, 0.2) is 237 Å². The third-order valence-corrected chi connectivity index (χ3v) is 11.0. The van der Waals surface area contributed by atoms with Crippen LogP contribution in [0, 0.1) is 48.5 Å². The van der Waals surface area contributed by atoms with Gasteiger partial charge in [0, 0.05) is 0 Å². The van der Waals surface area contributed by atoms with Crippen LogP contribution in [-0.4, -0.2) is 0 Å². The summed E-state index contributed by atoms with van der Waals surface area (Å²) in [4.78, 5) is 0. The van der Waals surface area contributed by atoms with E-state index in [1.54, 1.807) is 0 Å². The Morgan fingerprint density at radius 2 is 0.609 bits per heavy atom. The Kier molecular flexibility index (Phi) is 17.0. The zero-order chi connectivity index (χ0) is 45.1. The summed E-state index contributed by atoms with van der Waals surface area (Å²) >= 11 is 0. The fourth-order valence-electron chi connectivity index (χ4n) is 7.26. The molecule has 10 aromatic rings. The van der Waals surface area contributed by atoms with Crippen molar-refractivity contribution in [1.82, 2.24) is 0 Å². The van der Waals surface area contributed by atoms with Crippen LogP contribution in [0.5, 0.6) is 11.5 Å². The summed E-state index contributed by atoms with van der Waals surface area (Å²) < 4.78 is 5.58. The van der Waals surface area contributed by atoms with Crippen molar-refractivity contribution in [3.8, 4) is 33.8 Å². The lowest BCUT2D eigenvalue weighted by molar-refractivity contribution is 0.482. The van der Waals surface area contributed by atoms with Crippen molar-refractivity contribution in [2.75, 3.05) is 0 Å². The smallest absolute Gasteiger partial charge is 0.127 e. The molecule has 0 fully saturated rings. The van der Waals surface area contributed by atoms with Gasteiger partial charge in [-0.25, -0.2) is 0 Å². The maximum Gasteiger partial charge on any atom is 0.127 e. The van der Waals surface area contributed by atoms with Gasteiger partial charge in [0.1, 0.15) is 11.5 Å². The molecule has 10 rings (SSSR count). The molecule has 0 saturated carbocycles. The number of hydrogen-bond donors (Lipinski definition) is 0. The van der Waals surface area contributed by atoms with E-state index in [1.807, 2.05) is 60.7 Å². The Labute approximate surface area is 382 Å². The van der Waals surface area contributed by atoms with Crippen molar-refractivity contribution in [1.29, 1.82) is 0 Å². The largest absolute Gasteiger partial charge is 0.457 e. The van der Waals surface area contributed by atoms with E-state index in [0.29, 0.717) is 0 Å². The van der Waals surface area contributed by atoms with E-state index in [1.165, 1.54) is 82.7 Å². The molecule has 64 heavy (non-hydrogen) atoms. The normalized spacial score (nSPS) is 10.1. The molecule has 0 unspecified atom stereocenters. The third kappa shape index (κ3) is 13.8. The molecule has 1 nitrogen and oxygen atoms in total. The molecule has 0 amide bonds. The van der Waals surface area contributed by atoms with Gasteiger partial charge in [0.15, 0.2) is 0 Å². The number of ether oxygens (including phenoxy) is 1. The highest BCUT2D eigenvalue weighted by Crippen LogP contribution is 2.26. The summed E-state index contributed by atoms with van der Waals surface area (Å²) in [5, 5.41) is 5.39. The molecule has 0 spiro atoms. The van der Waals surface area contributed by atoms with Crippen LogP contribution in [-0.2, 0) is 0 Å². The lowest BCUT2D eigenvalue weighted by Crippen LogP contribution is -1.85. The van der Waals surface area contributed by atoms with Crippen molar-refractivity contribution in [3.63, 3.8) is 0 Å². The minimum Gasteiger partial charge on any atom is -0.457 e. The summed E-state index contributed by atoms with van der Waals surface area (Å²) in [6.07, 6.45) is 0. The lowest BCUT2D eigenvalue weighted by Gasteiger charge is -2.08. The van der Waals surface area contributed by atoms with E-state index in [4.69, 9.17) is 4.74 Å². The van der Waals surface area contributed by atoms with Gasteiger partial charge in [-0.1, -0.05) is 229 Å². The monoisotopic (exact) mass is 832 g/mol. The predicted octanol–water partition coefficient (Wildman–Crippen LogP) is 18.0. The van der Waals surface area contributed by atoms with Crippen LogP contribution in [0.2, 0.25) is 0 Å². The number of fused-ring (bicyclic) bond motifs is 2. The van der Waals surface area contributed by atoms with Gasteiger partial charge in [-0.2, -0.15) is 0 Å². The zero-order valence-corrected chi connectivity index (χ0v) is 38.4. The average molecular weight is 833 g/mol. The number of aryl methyl sites for hydroxylation is 7. The summed E-state index contributed by atoms with van der Waals surface area (Å²) in [7, 11) is 0. The predicted molar refractivity (Wildman–Crippen MR) is 278 cm³/mol.